The van der Waals surface area contributed by atoms with Gasteiger partial charge in [-0.05, 0) is 43.7 Å². The van der Waals surface area contributed by atoms with Gasteiger partial charge < -0.3 is 10.2 Å². The molecule has 1 aromatic carbocycles. The minimum absolute atomic E-state index is 0.0197. The number of oxime groups is 1. The summed E-state index contributed by atoms with van der Waals surface area (Å²) < 4.78 is 0. The van der Waals surface area contributed by atoms with Crippen LogP contribution in [0, 0.1) is 12.8 Å². The van der Waals surface area contributed by atoms with Crippen LogP contribution in [0.5, 0.6) is 0 Å². The molecule has 110 valence electrons. The molecule has 21 heavy (non-hydrogen) atoms. The Morgan fingerprint density at radius 2 is 2.19 bits per heavy atom. The van der Waals surface area contributed by atoms with Crippen LogP contribution in [0.3, 0.4) is 0 Å². The average Bonchev–Trinajstić information content (AvgIpc) is 3.08. The predicted octanol–water partition coefficient (Wildman–Crippen LogP) is 2.65. The molecule has 3 aliphatic rings. The van der Waals surface area contributed by atoms with Gasteiger partial charge in [-0.3, -0.25) is 4.79 Å². The predicted molar refractivity (Wildman–Crippen MR) is 80.0 cm³/mol. The molecule has 1 saturated carbocycles. The van der Waals surface area contributed by atoms with E-state index in [-0.39, 0.29) is 11.9 Å². The van der Waals surface area contributed by atoms with Crippen LogP contribution in [0.15, 0.2) is 23.4 Å². The zero-order chi connectivity index (χ0) is 14.4. The first-order valence-corrected chi connectivity index (χ1v) is 7.83. The molecule has 1 amide bonds. The fraction of sp³-hybridized carbons (Fsp3) is 0.529. The van der Waals surface area contributed by atoms with E-state index in [9.17, 15) is 4.79 Å². The van der Waals surface area contributed by atoms with Crippen molar-refractivity contribution >= 4 is 11.6 Å². The molecule has 4 nitrogen and oxygen atoms in total. The van der Waals surface area contributed by atoms with Crippen molar-refractivity contribution < 1.29 is 9.63 Å². The summed E-state index contributed by atoms with van der Waals surface area (Å²) in [6.45, 7) is 2.09. The maximum Gasteiger partial charge on any atom is 0.264 e. The molecule has 0 radical (unpaired) electrons. The Morgan fingerprint density at radius 1 is 1.33 bits per heavy atom. The second kappa shape index (κ2) is 4.86. The van der Waals surface area contributed by atoms with Crippen LogP contribution < -0.4 is 5.32 Å². The van der Waals surface area contributed by atoms with Crippen LogP contribution in [-0.2, 0) is 16.1 Å². The molecule has 1 aliphatic heterocycles. The second-order valence-electron chi connectivity index (χ2n) is 6.46. The number of hydrogen-bond donors (Lipinski definition) is 1. The third-order valence-corrected chi connectivity index (χ3v) is 4.73. The van der Waals surface area contributed by atoms with Gasteiger partial charge in [-0.2, -0.15) is 0 Å². The summed E-state index contributed by atoms with van der Waals surface area (Å²) in [5, 5.41) is 7.24. The van der Waals surface area contributed by atoms with Gasteiger partial charge in [0, 0.05) is 12.3 Å². The molecule has 0 bridgehead atoms. The fourth-order valence-corrected chi connectivity index (χ4v) is 3.33. The molecule has 0 aromatic heterocycles. The number of nitrogens with one attached hydrogen (secondary N) is 1. The number of fused-ring (bicyclic) bond motifs is 1. The molecule has 4 heteroatoms. The van der Waals surface area contributed by atoms with E-state index in [0.717, 1.165) is 18.6 Å². The number of rotatable bonds is 3. The highest BCUT2D eigenvalue weighted by molar-refractivity contribution is 5.95. The topological polar surface area (TPSA) is 50.7 Å². The molecule has 1 fully saturated rings. The van der Waals surface area contributed by atoms with Crippen LogP contribution in [0.2, 0.25) is 0 Å². The van der Waals surface area contributed by atoms with Gasteiger partial charge in [0.1, 0.15) is 0 Å². The lowest BCUT2D eigenvalue weighted by atomic mass is 10.0. The normalized spacial score (nSPS) is 27.0. The standard InChI is InChI=1S/C17H20N2O2/c1-10-2-3-11-6-7-14(13(11)8-10)18-17(20)16-9-15(19-21-16)12-4-5-12/h2-3,8,12,14,16H,4-7,9H2,1H3,(H,18,20). The van der Waals surface area contributed by atoms with Crippen LogP contribution >= 0.6 is 0 Å². The Bertz CT molecular complexity index is 619. The quantitative estimate of drug-likeness (QED) is 0.927. The van der Waals surface area contributed by atoms with Crippen molar-refractivity contribution in [2.45, 2.75) is 51.2 Å². The van der Waals surface area contributed by atoms with E-state index < -0.39 is 6.10 Å². The Balaban J connectivity index is 1.41. The highest BCUT2D eigenvalue weighted by atomic mass is 16.6. The molecule has 1 aromatic rings. The van der Waals surface area contributed by atoms with E-state index in [1.54, 1.807) is 0 Å². The SMILES string of the molecule is Cc1ccc2c(c1)C(NC(=O)C1CC(C3CC3)=NO1)CC2. The van der Waals surface area contributed by atoms with Gasteiger partial charge in [0.05, 0.1) is 11.8 Å². The van der Waals surface area contributed by atoms with E-state index in [4.69, 9.17) is 4.84 Å². The van der Waals surface area contributed by atoms with Crippen LogP contribution in [0.1, 0.15) is 48.4 Å². The van der Waals surface area contributed by atoms with Gasteiger partial charge in [0.25, 0.3) is 5.91 Å². The van der Waals surface area contributed by atoms with Crippen molar-refractivity contribution in [2.75, 3.05) is 0 Å². The Kier molecular flexibility index (Phi) is 2.98. The number of nitrogens with zero attached hydrogens (tertiary/aromatic N) is 1. The third kappa shape index (κ3) is 2.43. The Labute approximate surface area is 124 Å². The van der Waals surface area contributed by atoms with Crippen LogP contribution in [0.25, 0.3) is 0 Å². The average molecular weight is 284 g/mol. The number of carbonyl (C=O) groups excluding carboxylic acids is 1. The summed E-state index contributed by atoms with van der Waals surface area (Å²) in [7, 11) is 0. The maximum atomic E-state index is 12.4. The van der Waals surface area contributed by atoms with Gasteiger partial charge in [0.15, 0.2) is 0 Å². The molecular formula is C17H20N2O2. The lowest BCUT2D eigenvalue weighted by Crippen LogP contribution is -2.36. The summed E-state index contributed by atoms with van der Waals surface area (Å²) in [6, 6.07) is 6.63. The Morgan fingerprint density at radius 3 is 3.00 bits per heavy atom. The highest BCUT2D eigenvalue weighted by Crippen LogP contribution is 2.35. The van der Waals surface area contributed by atoms with Crippen molar-refractivity contribution in [2.24, 2.45) is 11.1 Å². The summed E-state index contributed by atoms with van der Waals surface area (Å²) in [4.78, 5) is 17.7. The first-order valence-electron chi connectivity index (χ1n) is 7.83. The first kappa shape index (κ1) is 12.9. The summed E-state index contributed by atoms with van der Waals surface area (Å²) in [5.41, 5.74) is 4.95. The lowest BCUT2D eigenvalue weighted by molar-refractivity contribution is -0.131. The summed E-state index contributed by atoms with van der Waals surface area (Å²) in [6.07, 6.45) is 4.67. The zero-order valence-electron chi connectivity index (χ0n) is 12.3. The van der Waals surface area contributed by atoms with E-state index in [0.29, 0.717) is 12.3 Å². The smallest absolute Gasteiger partial charge is 0.264 e. The molecule has 1 N–H and O–H groups in total. The van der Waals surface area contributed by atoms with Gasteiger partial charge >= 0.3 is 0 Å². The van der Waals surface area contributed by atoms with Crippen molar-refractivity contribution in [1.29, 1.82) is 0 Å². The van der Waals surface area contributed by atoms with Crippen molar-refractivity contribution in [3.8, 4) is 0 Å². The zero-order valence-corrected chi connectivity index (χ0v) is 12.3. The van der Waals surface area contributed by atoms with Crippen molar-refractivity contribution in [3.05, 3.63) is 34.9 Å². The lowest BCUT2D eigenvalue weighted by Gasteiger charge is -2.16. The number of aryl methyl sites for hydroxylation is 2. The molecule has 1 heterocycles. The first-order chi connectivity index (χ1) is 10.2. The number of carbonyl (C=O) groups is 1. The molecule has 0 saturated heterocycles. The molecule has 0 spiro atoms. The van der Waals surface area contributed by atoms with E-state index in [1.807, 2.05) is 0 Å². The second-order valence-corrected chi connectivity index (χ2v) is 6.46. The molecule has 2 aliphatic carbocycles. The van der Waals surface area contributed by atoms with Gasteiger partial charge in [-0.15, -0.1) is 0 Å². The largest absolute Gasteiger partial charge is 0.382 e. The van der Waals surface area contributed by atoms with Crippen LogP contribution in [0.4, 0.5) is 0 Å². The minimum Gasteiger partial charge on any atom is -0.382 e. The number of benzene rings is 1. The van der Waals surface area contributed by atoms with E-state index in [1.165, 1.54) is 29.5 Å². The monoisotopic (exact) mass is 284 g/mol. The van der Waals surface area contributed by atoms with E-state index >= 15 is 0 Å². The van der Waals surface area contributed by atoms with Crippen molar-refractivity contribution in [1.82, 2.24) is 5.32 Å². The third-order valence-electron chi connectivity index (χ3n) is 4.73. The highest BCUT2D eigenvalue weighted by Gasteiger charge is 2.37. The maximum absolute atomic E-state index is 12.4. The molecule has 4 rings (SSSR count). The van der Waals surface area contributed by atoms with Crippen LogP contribution in [-0.4, -0.2) is 17.7 Å². The van der Waals surface area contributed by atoms with Gasteiger partial charge in [-0.25, -0.2) is 0 Å². The summed E-state index contributed by atoms with van der Waals surface area (Å²) in [5.74, 6) is 0.561. The number of hydrogen-bond acceptors (Lipinski definition) is 3. The molecule has 2 atom stereocenters. The minimum atomic E-state index is -0.422. The Hall–Kier alpha value is -1.84. The van der Waals surface area contributed by atoms with Gasteiger partial charge in [-0.1, -0.05) is 28.9 Å². The van der Waals surface area contributed by atoms with Gasteiger partial charge in [0.2, 0.25) is 6.10 Å². The van der Waals surface area contributed by atoms with Crippen molar-refractivity contribution in [3.63, 3.8) is 0 Å². The molecule has 2 unspecified atom stereocenters. The summed E-state index contributed by atoms with van der Waals surface area (Å²) >= 11 is 0. The van der Waals surface area contributed by atoms with E-state index in [2.05, 4.69) is 35.6 Å². The fourth-order valence-electron chi connectivity index (χ4n) is 3.33. The molecular weight excluding hydrogens is 264 g/mol. The number of amides is 1.